The molecule has 1 aromatic heterocycles. The molecule has 9 nitrogen and oxygen atoms in total. The Bertz CT molecular complexity index is 679. The van der Waals surface area contributed by atoms with E-state index in [9.17, 15) is 19.8 Å². The number of thioether (sulfide) groups is 1. The zero-order valence-electron chi connectivity index (χ0n) is 10.6. The fraction of sp³-hybridized carbons (Fsp3) is 0.600. The van der Waals surface area contributed by atoms with Crippen LogP contribution in [0.4, 0.5) is 0 Å². The molecular formula is C10H13N5O4S. The molecule has 0 spiro atoms. The van der Waals surface area contributed by atoms with Gasteiger partial charge < -0.3 is 10.2 Å². The fourth-order valence-electron chi connectivity index (χ4n) is 2.05. The third kappa shape index (κ3) is 2.34. The van der Waals surface area contributed by atoms with E-state index in [1.165, 1.54) is 10.8 Å². The van der Waals surface area contributed by atoms with Gasteiger partial charge in [0, 0.05) is 23.1 Å². The number of rotatable bonds is 3. The van der Waals surface area contributed by atoms with Crippen LogP contribution in [-0.4, -0.2) is 37.3 Å². The second kappa shape index (κ2) is 5.33. The molecule has 0 radical (unpaired) electrons. The van der Waals surface area contributed by atoms with E-state index >= 15 is 0 Å². The van der Waals surface area contributed by atoms with Gasteiger partial charge in [0.1, 0.15) is 4.87 Å². The lowest BCUT2D eigenvalue weighted by Gasteiger charge is -2.23. The number of aliphatic hydroxyl groups excluding tert-OH is 2. The Hall–Kier alpha value is -1.74. The maximum absolute atomic E-state index is 11.8. The van der Waals surface area contributed by atoms with Crippen LogP contribution < -0.4 is 11.2 Å². The van der Waals surface area contributed by atoms with Gasteiger partial charge in [0.2, 0.25) is 0 Å². The fourth-order valence-corrected chi connectivity index (χ4v) is 3.48. The molecule has 0 aliphatic carbocycles. The number of hydrogen-bond acceptors (Lipinski definition) is 6. The number of azide groups is 1. The smallest absolute Gasteiger partial charge is 0.329 e. The topological polar surface area (TPSA) is 144 Å². The highest BCUT2D eigenvalue weighted by Crippen LogP contribution is 2.49. The molecule has 1 saturated heterocycles. The molecule has 3 N–H and O–H groups in total. The van der Waals surface area contributed by atoms with Gasteiger partial charge in [0.15, 0.2) is 0 Å². The molecule has 1 aromatic rings. The van der Waals surface area contributed by atoms with Crippen LogP contribution in [0.15, 0.2) is 20.9 Å². The maximum Gasteiger partial charge on any atom is 0.329 e. The van der Waals surface area contributed by atoms with E-state index in [-0.39, 0.29) is 6.42 Å². The van der Waals surface area contributed by atoms with Gasteiger partial charge in [0.25, 0.3) is 5.56 Å². The Morgan fingerprint density at radius 3 is 3.00 bits per heavy atom. The van der Waals surface area contributed by atoms with Gasteiger partial charge in [-0.3, -0.25) is 14.3 Å². The summed E-state index contributed by atoms with van der Waals surface area (Å²) in [5, 5.41) is 22.3. The first-order valence-electron chi connectivity index (χ1n) is 5.78. The lowest BCUT2D eigenvalue weighted by atomic mass is 10.1. The summed E-state index contributed by atoms with van der Waals surface area (Å²) in [6.45, 7) is 1.01. The Morgan fingerprint density at radius 1 is 1.70 bits per heavy atom. The van der Waals surface area contributed by atoms with Crippen LogP contribution in [0.2, 0.25) is 0 Å². The largest absolute Gasteiger partial charge is 0.395 e. The van der Waals surface area contributed by atoms with Gasteiger partial charge in [-0.1, -0.05) is 5.11 Å². The van der Waals surface area contributed by atoms with Gasteiger partial charge in [-0.2, -0.15) is 0 Å². The number of aromatic nitrogens is 2. The maximum atomic E-state index is 11.8. The molecular weight excluding hydrogens is 286 g/mol. The van der Waals surface area contributed by atoms with Crippen LogP contribution in [-0.2, 0) is 0 Å². The van der Waals surface area contributed by atoms with Crippen molar-refractivity contribution in [1.29, 1.82) is 0 Å². The predicted molar refractivity (Wildman–Crippen MR) is 72.3 cm³/mol. The summed E-state index contributed by atoms with van der Waals surface area (Å²) >= 11 is 0.993. The summed E-state index contributed by atoms with van der Waals surface area (Å²) in [5.41, 5.74) is 7.81. The molecule has 0 saturated carbocycles. The Balaban J connectivity index is 2.43. The molecule has 2 heterocycles. The average Bonchev–Trinajstić information content (AvgIpc) is 2.72. The summed E-state index contributed by atoms with van der Waals surface area (Å²) in [4.78, 5) is 26.5. The van der Waals surface area contributed by atoms with E-state index in [2.05, 4.69) is 15.0 Å². The van der Waals surface area contributed by atoms with Gasteiger partial charge in [-0.05, 0) is 12.5 Å². The first-order chi connectivity index (χ1) is 9.43. The number of aryl methyl sites for hydroxylation is 1. The van der Waals surface area contributed by atoms with Crippen LogP contribution in [0.1, 0.15) is 17.4 Å². The van der Waals surface area contributed by atoms with Crippen molar-refractivity contribution in [3.8, 4) is 0 Å². The molecule has 1 fully saturated rings. The monoisotopic (exact) mass is 299 g/mol. The molecule has 0 aromatic carbocycles. The highest BCUT2D eigenvalue weighted by molar-refractivity contribution is 8.01. The van der Waals surface area contributed by atoms with Crippen LogP contribution in [0.3, 0.4) is 0 Å². The molecule has 20 heavy (non-hydrogen) atoms. The number of aliphatic hydroxyl groups is 2. The van der Waals surface area contributed by atoms with E-state index in [0.29, 0.717) is 5.56 Å². The third-order valence-electron chi connectivity index (χ3n) is 3.18. The number of hydrogen-bond donors (Lipinski definition) is 3. The predicted octanol–water partition coefficient (Wildman–Crippen LogP) is -0.160. The van der Waals surface area contributed by atoms with E-state index in [1.54, 1.807) is 6.92 Å². The molecule has 0 bridgehead atoms. The summed E-state index contributed by atoms with van der Waals surface area (Å²) < 4.78 is 1.26. The van der Waals surface area contributed by atoms with Crippen molar-refractivity contribution in [2.24, 2.45) is 5.11 Å². The molecule has 10 heteroatoms. The third-order valence-corrected chi connectivity index (χ3v) is 4.76. The van der Waals surface area contributed by atoms with Crippen molar-refractivity contribution < 1.29 is 10.2 Å². The average molecular weight is 299 g/mol. The quantitative estimate of drug-likeness (QED) is 0.403. The standard InChI is InChI=1S/C10H13N5O4S/c1-5-3-15(9(19)12-8(5)18)7-2-6(17)10(4-16,20-7)13-14-11/h3,6-7,16-17H,2,4H2,1H3,(H,12,18,19)/t6-,7+,10+/m0/s1. The number of aromatic amines is 1. The summed E-state index contributed by atoms with van der Waals surface area (Å²) in [6, 6.07) is 0. The lowest BCUT2D eigenvalue weighted by Crippen LogP contribution is -2.35. The summed E-state index contributed by atoms with van der Waals surface area (Å²) in [7, 11) is 0. The minimum atomic E-state index is -1.41. The van der Waals surface area contributed by atoms with Crippen LogP contribution in [0, 0.1) is 6.92 Å². The van der Waals surface area contributed by atoms with Crippen LogP contribution in [0.5, 0.6) is 0 Å². The highest BCUT2D eigenvalue weighted by atomic mass is 32.2. The van der Waals surface area contributed by atoms with Crippen molar-refractivity contribution in [3.05, 3.63) is 43.0 Å². The Morgan fingerprint density at radius 2 is 2.40 bits per heavy atom. The molecule has 2 rings (SSSR count). The summed E-state index contributed by atoms with van der Waals surface area (Å²) in [6.07, 6.45) is 0.419. The van der Waals surface area contributed by atoms with E-state index in [0.717, 1.165) is 11.8 Å². The summed E-state index contributed by atoms with van der Waals surface area (Å²) in [5.74, 6) is 0. The molecule has 0 unspecified atom stereocenters. The zero-order chi connectivity index (χ0) is 14.9. The van der Waals surface area contributed by atoms with Crippen molar-refractivity contribution in [2.75, 3.05) is 6.61 Å². The second-order valence-corrected chi connectivity index (χ2v) is 5.98. The minimum Gasteiger partial charge on any atom is -0.395 e. The second-order valence-electron chi connectivity index (χ2n) is 4.50. The van der Waals surface area contributed by atoms with Gasteiger partial charge in [-0.15, -0.1) is 11.8 Å². The van der Waals surface area contributed by atoms with Crippen molar-refractivity contribution >= 4 is 11.8 Å². The van der Waals surface area contributed by atoms with Crippen molar-refractivity contribution in [3.63, 3.8) is 0 Å². The van der Waals surface area contributed by atoms with Crippen molar-refractivity contribution in [1.82, 2.24) is 9.55 Å². The number of nitrogens with one attached hydrogen (secondary N) is 1. The molecule has 1 aliphatic rings. The lowest BCUT2D eigenvalue weighted by molar-refractivity contribution is 0.0928. The molecule has 0 amide bonds. The molecule has 108 valence electrons. The van der Waals surface area contributed by atoms with Crippen LogP contribution >= 0.6 is 11.8 Å². The normalized spacial score (nSPS) is 29.1. The van der Waals surface area contributed by atoms with E-state index in [4.69, 9.17) is 5.53 Å². The number of nitrogens with zero attached hydrogens (tertiary/aromatic N) is 4. The van der Waals surface area contributed by atoms with Gasteiger partial charge in [-0.25, -0.2) is 4.79 Å². The minimum absolute atomic E-state index is 0.121. The number of H-pyrrole nitrogens is 1. The molecule has 3 atom stereocenters. The first-order valence-corrected chi connectivity index (χ1v) is 6.66. The van der Waals surface area contributed by atoms with Crippen molar-refractivity contribution in [2.45, 2.75) is 29.7 Å². The Kier molecular flexibility index (Phi) is 3.91. The zero-order valence-corrected chi connectivity index (χ0v) is 11.4. The first kappa shape index (κ1) is 14.7. The highest BCUT2D eigenvalue weighted by Gasteiger charge is 2.48. The SMILES string of the molecule is Cc1cn([C@H]2C[C@H](O)[C@](CO)(N=[N+]=[N-])S2)c(=O)[nH]c1=O. The van der Waals surface area contributed by atoms with E-state index < -0.39 is 34.2 Å². The van der Waals surface area contributed by atoms with Crippen LogP contribution in [0.25, 0.3) is 10.4 Å². The van der Waals surface area contributed by atoms with Gasteiger partial charge in [0.05, 0.1) is 18.1 Å². The van der Waals surface area contributed by atoms with Gasteiger partial charge >= 0.3 is 5.69 Å². The van der Waals surface area contributed by atoms with E-state index in [1.807, 2.05) is 0 Å². The Labute approximate surface area is 116 Å². The molecule has 1 aliphatic heterocycles.